The molecule has 1 unspecified atom stereocenters. The van der Waals surface area contributed by atoms with E-state index >= 15 is 0 Å². The maximum atomic E-state index is 5.97. The van der Waals surface area contributed by atoms with Crippen molar-refractivity contribution in [3.63, 3.8) is 0 Å². The van der Waals surface area contributed by atoms with Crippen LogP contribution in [-0.4, -0.2) is 12.0 Å². The number of para-hydroxylation sites is 1. The number of aromatic nitrogens is 1. The van der Waals surface area contributed by atoms with E-state index < -0.39 is 0 Å². The van der Waals surface area contributed by atoms with Gasteiger partial charge in [-0.25, -0.2) is 4.98 Å². The van der Waals surface area contributed by atoms with Gasteiger partial charge in [0.1, 0.15) is 5.75 Å². The maximum absolute atomic E-state index is 5.97. The quantitative estimate of drug-likeness (QED) is 0.880. The number of ether oxygens (including phenoxy) is 1. The third kappa shape index (κ3) is 3.36. The number of pyridine rings is 1. The Labute approximate surface area is 121 Å². The van der Waals surface area contributed by atoms with E-state index in [-0.39, 0.29) is 6.04 Å². The molecule has 1 N–H and O–H groups in total. The lowest BCUT2D eigenvalue weighted by Gasteiger charge is -2.15. The molecule has 0 aliphatic rings. The van der Waals surface area contributed by atoms with Crippen molar-refractivity contribution in [3.05, 3.63) is 53.7 Å². The fourth-order valence-corrected chi connectivity index (χ4v) is 2.08. The Balaban J connectivity index is 2.26. The van der Waals surface area contributed by atoms with E-state index in [1.165, 1.54) is 11.1 Å². The molecule has 3 heteroatoms. The van der Waals surface area contributed by atoms with Crippen LogP contribution in [0.4, 0.5) is 0 Å². The summed E-state index contributed by atoms with van der Waals surface area (Å²) >= 11 is 0. The smallest absolute Gasteiger partial charge is 0.219 e. The molecule has 0 bridgehead atoms. The molecule has 106 valence electrons. The molecule has 0 saturated heterocycles. The van der Waals surface area contributed by atoms with Crippen molar-refractivity contribution in [2.45, 2.75) is 32.7 Å². The minimum atomic E-state index is 0.278. The Kier molecular flexibility index (Phi) is 4.74. The Morgan fingerprint density at radius 3 is 2.55 bits per heavy atom. The average Bonchev–Trinajstić information content (AvgIpc) is 2.47. The summed E-state index contributed by atoms with van der Waals surface area (Å²) in [5.41, 5.74) is 2.36. The van der Waals surface area contributed by atoms with Crippen molar-refractivity contribution in [3.8, 4) is 11.6 Å². The van der Waals surface area contributed by atoms with Crippen LogP contribution in [0, 0.1) is 0 Å². The lowest BCUT2D eigenvalue weighted by molar-refractivity contribution is 0.452. The number of hydrogen-bond acceptors (Lipinski definition) is 3. The molecular formula is C17H22N2O. The zero-order valence-electron chi connectivity index (χ0n) is 12.6. The van der Waals surface area contributed by atoms with Crippen molar-refractivity contribution >= 4 is 0 Å². The summed E-state index contributed by atoms with van der Waals surface area (Å²) in [6.45, 7) is 6.44. The number of benzene rings is 1. The van der Waals surface area contributed by atoms with Gasteiger partial charge in [0.15, 0.2) is 0 Å². The first-order chi connectivity index (χ1) is 9.61. The van der Waals surface area contributed by atoms with Crippen LogP contribution in [0.5, 0.6) is 11.6 Å². The summed E-state index contributed by atoms with van der Waals surface area (Å²) in [5, 5.41) is 3.22. The Morgan fingerprint density at radius 2 is 1.85 bits per heavy atom. The van der Waals surface area contributed by atoms with Crippen LogP contribution in [0.3, 0.4) is 0 Å². The highest BCUT2D eigenvalue weighted by molar-refractivity contribution is 5.38. The van der Waals surface area contributed by atoms with Gasteiger partial charge in [0.25, 0.3) is 0 Å². The number of hydrogen-bond donors (Lipinski definition) is 1. The predicted octanol–water partition coefficient (Wildman–Crippen LogP) is 4.28. The standard InChI is InChI=1S/C17H22N2O/c1-12(2)15-7-5-6-8-16(15)20-17-11-14(9-10-19-17)13(3)18-4/h5-13,18H,1-4H3. The van der Waals surface area contributed by atoms with Crippen molar-refractivity contribution in [1.82, 2.24) is 10.3 Å². The molecule has 20 heavy (non-hydrogen) atoms. The zero-order valence-corrected chi connectivity index (χ0v) is 12.6. The van der Waals surface area contributed by atoms with Gasteiger partial charge in [-0.05, 0) is 43.1 Å². The first kappa shape index (κ1) is 14.5. The summed E-state index contributed by atoms with van der Waals surface area (Å²) < 4.78 is 5.97. The fourth-order valence-electron chi connectivity index (χ4n) is 2.08. The van der Waals surface area contributed by atoms with Crippen molar-refractivity contribution in [2.75, 3.05) is 7.05 Å². The van der Waals surface area contributed by atoms with E-state index in [1.807, 2.05) is 37.4 Å². The molecule has 0 saturated carbocycles. The zero-order chi connectivity index (χ0) is 14.5. The van der Waals surface area contributed by atoms with Gasteiger partial charge < -0.3 is 10.1 Å². The molecule has 1 atom stereocenters. The molecule has 1 heterocycles. The van der Waals surface area contributed by atoms with Gasteiger partial charge in [0.05, 0.1) is 0 Å². The molecule has 2 rings (SSSR count). The predicted molar refractivity (Wildman–Crippen MR) is 82.3 cm³/mol. The minimum absolute atomic E-state index is 0.278. The van der Waals surface area contributed by atoms with E-state index in [0.29, 0.717) is 11.8 Å². The van der Waals surface area contributed by atoms with Gasteiger partial charge in [0.2, 0.25) is 5.88 Å². The first-order valence-corrected chi connectivity index (χ1v) is 7.01. The Morgan fingerprint density at radius 1 is 1.10 bits per heavy atom. The van der Waals surface area contributed by atoms with E-state index in [4.69, 9.17) is 4.74 Å². The molecule has 0 aliphatic heterocycles. The van der Waals surface area contributed by atoms with Crippen molar-refractivity contribution < 1.29 is 4.74 Å². The third-order valence-electron chi connectivity index (χ3n) is 3.45. The van der Waals surface area contributed by atoms with Crippen LogP contribution in [0.1, 0.15) is 43.9 Å². The highest BCUT2D eigenvalue weighted by Gasteiger charge is 2.10. The van der Waals surface area contributed by atoms with Gasteiger partial charge in [-0.2, -0.15) is 0 Å². The minimum Gasteiger partial charge on any atom is -0.439 e. The third-order valence-corrected chi connectivity index (χ3v) is 3.45. The van der Waals surface area contributed by atoms with Gasteiger partial charge in [-0.15, -0.1) is 0 Å². The van der Waals surface area contributed by atoms with E-state index in [2.05, 4.69) is 37.1 Å². The molecule has 2 aromatic rings. The van der Waals surface area contributed by atoms with E-state index in [1.54, 1.807) is 6.20 Å². The molecule has 0 amide bonds. The van der Waals surface area contributed by atoms with Crippen LogP contribution in [0.2, 0.25) is 0 Å². The van der Waals surface area contributed by atoms with Crippen LogP contribution in [0.15, 0.2) is 42.6 Å². The van der Waals surface area contributed by atoms with Crippen LogP contribution in [-0.2, 0) is 0 Å². The van der Waals surface area contributed by atoms with E-state index in [9.17, 15) is 0 Å². The second kappa shape index (κ2) is 6.53. The molecular weight excluding hydrogens is 248 g/mol. The first-order valence-electron chi connectivity index (χ1n) is 7.01. The van der Waals surface area contributed by atoms with Gasteiger partial charge in [-0.3, -0.25) is 0 Å². The SMILES string of the molecule is CNC(C)c1ccnc(Oc2ccccc2C(C)C)c1. The molecule has 0 fully saturated rings. The lowest BCUT2D eigenvalue weighted by Crippen LogP contribution is -2.12. The molecule has 0 aliphatic carbocycles. The maximum Gasteiger partial charge on any atom is 0.219 e. The van der Waals surface area contributed by atoms with Crippen LogP contribution < -0.4 is 10.1 Å². The summed E-state index contributed by atoms with van der Waals surface area (Å²) in [6.07, 6.45) is 1.79. The topological polar surface area (TPSA) is 34.2 Å². The molecule has 1 aromatic heterocycles. The number of nitrogens with zero attached hydrogens (tertiary/aromatic N) is 1. The molecule has 1 aromatic carbocycles. The molecule has 3 nitrogen and oxygen atoms in total. The summed E-state index contributed by atoms with van der Waals surface area (Å²) in [7, 11) is 1.94. The second-order valence-electron chi connectivity index (χ2n) is 5.23. The van der Waals surface area contributed by atoms with Crippen LogP contribution in [0.25, 0.3) is 0 Å². The number of nitrogens with one attached hydrogen (secondary N) is 1. The second-order valence-corrected chi connectivity index (χ2v) is 5.23. The largest absolute Gasteiger partial charge is 0.439 e. The summed E-state index contributed by atoms with van der Waals surface area (Å²) in [4.78, 5) is 4.30. The molecule has 0 spiro atoms. The Hall–Kier alpha value is -1.87. The van der Waals surface area contributed by atoms with Crippen molar-refractivity contribution in [2.24, 2.45) is 0 Å². The summed E-state index contributed by atoms with van der Waals surface area (Å²) in [5.74, 6) is 1.94. The summed E-state index contributed by atoms with van der Waals surface area (Å²) in [6, 6.07) is 12.4. The average molecular weight is 270 g/mol. The fraction of sp³-hybridized carbons (Fsp3) is 0.353. The monoisotopic (exact) mass is 270 g/mol. The highest BCUT2D eigenvalue weighted by atomic mass is 16.5. The van der Waals surface area contributed by atoms with Gasteiger partial charge in [0, 0.05) is 18.3 Å². The van der Waals surface area contributed by atoms with Gasteiger partial charge in [-0.1, -0.05) is 32.0 Å². The number of rotatable bonds is 5. The van der Waals surface area contributed by atoms with E-state index in [0.717, 1.165) is 5.75 Å². The molecule has 0 radical (unpaired) electrons. The van der Waals surface area contributed by atoms with Crippen LogP contribution >= 0.6 is 0 Å². The normalized spacial score (nSPS) is 12.4. The lowest BCUT2D eigenvalue weighted by atomic mass is 10.0. The highest BCUT2D eigenvalue weighted by Crippen LogP contribution is 2.30. The van der Waals surface area contributed by atoms with Gasteiger partial charge >= 0.3 is 0 Å². The Bertz CT molecular complexity index is 566. The van der Waals surface area contributed by atoms with Crippen molar-refractivity contribution in [1.29, 1.82) is 0 Å².